The minimum Gasteiger partial charge on any atom is -0.494 e. The number of rotatable bonds is 12. The molecule has 0 spiro atoms. The van der Waals surface area contributed by atoms with Crippen LogP contribution >= 0.6 is 11.6 Å². The fourth-order valence-electron chi connectivity index (χ4n) is 4.34. The molecule has 0 saturated carbocycles. The largest absolute Gasteiger partial charge is 0.494 e. The summed E-state index contributed by atoms with van der Waals surface area (Å²) in [7, 11) is -2.61. The number of benzene rings is 3. The molecular weight excluding hydrogens is 586 g/mol. The van der Waals surface area contributed by atoms with Crippen LogP contribution in [0.2, 0.25) is 5.02 Å². The zero-order valence-corrected chi connectivity index (χ0v) is 24.2. The average molecular weight is 616 g/mol. The number of esters is 1. The van der Waals surface area contributed by atoms with E-state index in [1.165, 1.54) is 36.4 Å². The molecule has 0 amide bonds. The predicted molar refractivity (Wildman–Crippen MR) is 148 cm³/mol. The van der Waals surface area contributed by atoms with Gasteiger partial charge in [0, 0.05) is 25.9 Å². The molecule has 3 rings (SSSR count). The second-order valence-corrected chi connectivity index (χ2v) is 12.0. The Labute approximate surface area is 241 Å². The number of carbonyl (C=O) groups excluding carboxylic acids is 1. The van der Waals surface area contributed by atoms with Crippen LogP contribution in [0, 0.1) is 5.82 Å². The van der Waals surface area contributed by atoms with Gasteiger partial charge in [0.15, 0.2) is 9.84 Å². The summed E-state index contributed by atoms with van der Waals surface area (Å²) in [6.45, 7) is 3.04. The van der Waals surface area contributed by atoms with Crippen LogP contribution in [0.1, 0.15) is 46.3 Å². The van der Waals surface area contributed by atoms with Gasteiger partial charge in [-0.1, -0.05) is 42.8 Å². The van der Waals surface area contributed by atoms with Crippen molar-refractivity contribution in [3.05, 3.63) is 93.8 Å². The molecule has 3 aromatic rings. The molecule has 0 aromatic heterocycles. The van der Waals surface area contributed by atoms with Crippen LogP contribution in [0.15, 0.2) is 65.6 Å². The number of halogens is 5. The van der Waals surface area contributed by atoms with Crippen LogP contribution in [0.3, 0.4) is 0 Å². The van der Waals surface area contributed by atoms with Gasteiger partial charge < -0.3 is 9.47 Å². The maximum atomic E-state index is 13.4. The molecule has 0 aliphatic rings. The van der Waals surface area contributed by atoms with E-state index < -0.39 is 27.5 Å². The number of nitrogens with zero attached hydrogens (tertiary/aromatic N) is 1. The van der Waals surface area contributed by atoms with Gasteiger partial charge in [0.1, 0.15) is 11.6 Å². The second-order valence-electron chi connectivity index (χ2n) is 9.59. The van der Waals surface area contributed by atoms with Crippen LogP contribution in [-0.4, -0.2) is 52.3 Å². The summed E-state index contributed by atoms with van der Waals surface area (Å²) in [5, 5.41) is -0.366. The molecular formula is C29H30ClF4NO5S. The molecule has 0 aliphatic heterocycles. The number of hydrogen-bond donors (Lipinski definition) is 0. The van der Waals surface area contributed by atoms with E-state index in [1.54, 1.807) is 18.2 Å². The highest BCUT2D eigenvalue weighted by Gasteiger charge is 2.34. The molecule has 0 saturated heterocycles. The summed E-state index contributed by atoms with van der Waals surface area (Å²) in [6.07, 6.45) is -3.20. The summed E-state index contributed by atoms with van der Waals surface area (Å²) >= 11 is 6.15. The maximum Gasteiger partial charge on any atom is 0.417 e. The molecule has 12 heteroatoms. The highest BCUT2D eigenvalue weighted by atomic mass is 35.5. The lowest BCUT2D eigenvalue weighted by Crippen LogP contribution is -2.30. The summed E-state index contributed by atoms with van der Waals surface area (Å²) in [6, 6.07) is 13.8. The number of sulfone groups is 1. The van der Waals surface area contributed by atoms with E-state index in [1.807, 2.05) is 11.8 Å². The number of hydrogen-bond acceptors (Lipinski definition) is 6. The van der Waals surface area contributed by atoms with Crippen LogP contribution < -0.4 is 4.74 Å². The van der Waals surface area contributed by atoms with Gasteiger partial charge in [-0.25, -0.2) is 17.6 Å². The van der Waals surface area contributed by atoms with Gasteiger partial charge >= 0.3 is 12.1 Å². The molecule has 3 aromatic carbocycles. The number of methoxy groups -OCH3 is 1. The molecule has 0 radical (unpaired) electrons. The average Bonchev–Trinajstić information content (AvgIpc) is 2.90. The van der Waals surface area contributed by atoms with Gasteiger partial charge in [0.25, 0.3) is 0 Å². The molecule has 0 fully saturated rings. The van der Waals surface area contributed by atoms with Crippen molar-refractivity contribution < 1.29 is 40.2 Å². The third kappa shape index (κ3) is 8.92. The summed E-state index contributed by atoms with van der Waals surface area (Å²) in [5.41, 5.74) is 0.150. The zero-order valence-electron chi connectivity index (χ0n) is 22.7. The molecule has 1 unspecified atom stereocenters. The van der Waals surface area contributed by atoms with Crippen LogP contribution in [0.5, 0.6) is 5.75 Å². The smallest absolute Gasteiger partial charge is 0.417 e. The van der Waals surface area contributed by atoms with Crippen molar-refractivity contribution in [3.63, 3.8) is 0 Å². The minimum absolute atomic E-state index is 0.0794. The van der Waals surface area contributed by atoms with Gasteiger partial charge in [0.2, 0.25) is 0 Å². The standard InChI is InChI=1S/C29H30ClF4NO5S/c1-19(20-8-10-22(31)11-9-20)17-35(18-21-6-4-7-25(27(21)30)29(32,33)34)14-5-15-40-23-12-13-24(28(36)39-2)26(16-23)41(3,37)38/h4,6-13,16,19H,5,14-15,17-18H2,1-3H3. The quantitative estimate of drug-likeness (QED) is 0.127. The van der Waals surface area contributed by atoms with Gasteiger partial charge in [-0.3, -0.25) is 4.90 Å². The molecule has 6 nitrogen and oxygen atoms in total. The van der Waals surface area contributed by atoms with Gasteiger partial charge in [-0.15, -0.1) is 0 Å². The Morgan fingerprint density at radius 1 is 1.07 bits per heavy atom. The monoisotopic (exact) mass is 615 g/mol. The van der Waals surface area contributed by atoms with E-state index in [-0.39, 0.29) is 46.1 Å². The highest BCUT2D eigenvalue weighted by molar-refractivity contribution is 7.90. The van der Waals surface area contributed by atoms with Crippen molar-refractivity contribution in [2.45, 2.75) is 36.9 Å². The van der Waals surface area contributed by atoms with E-state index in [4.69, 9.17) is 16.3 Å². The third-order valence-corrected chi connectivity index (χ3v) is 7.98. The molecule has 0 heterocycles. The summed E-state index contributed by atoms with van der Waals surface area (Å²) in [5.74, 6) is -1.02. The lowest BCUT2D eigenvalue weighted by atomic mass is 10.00. The lowest BCUT2D eigenvalue weighted by molar-refractivity contribution is -0.137. The number of ether oxygens (including phenoxy) is 2. The predicted octanol–water partition coefficient (Wildman–Crippen LogP) is 6.76. The second kappa shape index (κ2) is 13.7. The van der Waals surface area contributed by atoms with Crippen molar-refractivity contribution in [3.8, 4) is 5.75 Å². The Bertz CT molecular complexity index is 1460. The Balaban J connectivity index is 1.76. The van der Waals surface area contributed by atoms with E-state index in [0.29, 0.717) is 25.1 Å². The van der Waals surface area contributed by atoms with E-state index in [0.717, 1.165) is 25.0 Å². The van der Waals surface area contributed by atoms with Gasteiger partial charge in [-0.05, 0) is 59.9 Å². The van der Waals surface area contributed by atoms with Crippen molar-refractivity contribution in [2.24, 2.45) is 0 Å². The Morgan fingerprint density at radius 3 is 2.37 bits per heavy atom. The van der Waals surface area contributed by atoms with Crippen LogP contribution in [-0.2, 0) is 27.3 Å². The van der Waals surface area contributed by atoms with E-state index >= 15 is 0 Å². The maximum absolute atomic E-state index is 13.4. The Morgan fingerprint density at radius 2 is 1.76 bits per heavy atom. The minimum atomic E-state index is -4.60. The first kappa shape index (κ1) is 32.4. The zero-order chi connectivity index (χ0) is 30.4. The molecule has 222 valence electrons. The van der Waals surface area contributed by atoms with E-state index in [2.05, 4.69) is 4.74 Å². The highest BCUT2D eigenvalue weighted by Crippen LogP contribution is 2.36. The molecule has 0 bridgehead atoms. The molecule has 41 heavy (non-hydrogen) atoms. The van der Waals surface area contributed by atoms with Crippen LogP contribution in [0.4, 0.5) is 17.6 Å². The molecule has 1 atom stereocenters. The van der Waals surface area contributed by atoms with Crippen molar-refractivity contribution in [1.82, 2.24) is 4.90 Å². The normalized spacial score (nSPS) is 12.8. The fraction of sp³-hybridized carbons (Fsp3) is 0.345. The first-order chi connectivity index (χ1) is 19.2. The number of carbonyl (C=O) groups is 1. The SMILES string of the molecule is COC(=O)c1ccc(OCCCN(Cc2cccc(C(F)(F)F)c2Cl)CC(C)c2ccc(F)cc2)cc1S(C)(=O)=O. The van der Waals surface area contributed by atoms with Gasteiger partial charge in [-0.2, -0.15) is 13.2 Å². The molecule has 0 N–H and O–H groups in total. The van der Waals surface area contributed by atoms with Crippen LogP contribution in [0.25, 0.3) is 0 Å². The third-order valence-electron chi connectivity index (χ3n) is 6.39. The first-order valence-corrected chi connectivity index (χ1v) is 14.8. The van der Waals surface area contributed by atoms with Crippen molar-refractivity contribution in [2.75, 3.05) is 33.1 Å². The summed E-state index contributed by atoms with van der Waals surface area (Å²) in [4.78, 5) is 13.7. The molecule has 0 aliphatic carbocycles. The van der Waals surface area contributed by atoms with E-state index in [9.17, 15) is 30.8 Å². The van der Waals surface area contributed by atoms with Gasteiger partial charge in [0.05, 0.1) is 34.8 Å². The first-order valence-electron chi connectivity index (χ1n) is 12.6. The Hall–Kier alpha value is -3.15. The fourth-order valence-corrected chi connectivity index (χ4v) is 5.51. The topological polar surface area (TPSA) is 72.9 Å². The Kier molecular flexibility index (Phi) is 10.8. The lowest BCUT2D eigenvalue weighted by Gasteiger charge is -2.27. The number of alkyl halides is 3. The van der Waals surface area contributed by atoms with Crippen molar-refractivity contribution in [1.29, 1.82) is 0 Å². The summed E-state index contributed by atoms with van der Waals surface area (Å²) < 4.78 is 88.5. The van der Waals surface area contributed by atoms with Crippen molar-refractivity contribution >= 4 is 27.4 Å².